The molecule has 0 unspecified atom stereocenters. The first kappa shape index (κ1) is 15.3. The summed E-state index contributed by atoms with van der Waals surface area (Å²) >= 11 is 0. The standard InChI is InChI=1S/C21H18N4/c1-3-7-17(8-4-1)11-12-25-15-20(24-16-25)19-13-22-21(23-14-19)18-9-5-2-6-10-18/h1-10,13-16H,11-12H2. The highest BCUT2D eigenvalue weighted by Gasteiger charge is 2.05. The van der Waals surface area contributed by atoms with Crippen LogP contribution in [0.4, 0.5) is 0 Å². The first-order chi connectivity index (χ1) is 12.4. The maximum absolute atomic E-state index is 4.48. The van der Waals surface area contributed by atoms with Crippen molar-refractivity contribution in [2.45, 2.75) is 13.0 Å². The average Bonchev–Trinajstić information content (AvgIpc) is 3.17. The van der Waals surface area contributed by atoms with Crippen LogP contribution >= 0.6 is 0 Å². The molecule has 0 atom stereocenters. The monoisotopic (exact) mass is 326 g/mol. The molecule has 0 N–H and O–H groups in total. The van der Waals surface area contributed by atoms with Crippen molar-refractivity contribution in [1.82, 2.24) is 19.5 Å². The molecule has 0 saturated heterocycles. The summed E-state index contributed by atoms with van der Waals surface area (Å²) in [7, 11) is 0. The van der Waals surface area contributed by atoms with Crippen LogP contribution < -0.4 is 0 Å². The third-order valence-electron chi connectivity index (χ3n) is 4.11. The van der Waals surface area contributed by atoms with Gasteiger partial charge in [-0.15, -0.1) is 0 Å². The van der Waals surface area contributed by atoms with E-state index in [1.165, 1.54) is 5.56 Å². The molecule has 2 heterocycles. The number of hydrogen-bond acceptors (Lipinski definition) is 3. The van der Waals surface area contributed by atoms with Crippen LogP contribution in [-0.4, -0.2) is 19.5 Å². The Morgan fingerprint density at radius 2 is 1.40 bits per heavy atom. The van der Waals surface area contributed by atoms with E-state index in [0.29, 0.717) is 0 Å². The molecule has 122 valence electrons. The number of benzene rings is 2. The van der Waals surface area contributed by atoms with E-state index in [2.05, 4.69) is 43.8 Å². The molecule has 0 bridgehead atoms. The van der Waals surface area contributed by atoms with Gasteiger partial charge in [-0.3, -0.25) is 0 Å². The molecule has 0 aliphatic rings. The smallest absolute Gasteiger partial charge is 0.159 e. The van der Waals surface area contributed by atoms with Crippen LogP contribution in [0.25, 0.3) is 22.6 Å². The lowest BCUT2D eigenvalue weighted by atomic mass is 10.1. The van der Waals surface area contributed by atoms with Gasteiger partial charge < -0.3 is 4.57 Å². The molecular weight excluding hydrogens is 308 g/mol. The van der Waals surface area contributed by atoms with Crippen molar-refractivity contribution in [3.8, 4) is 22.6 Å². The van der Waals surface area contributed by atoms with Gasteiger partial charge in [-0.1, -0.05) is 60.7 Å². The van der Waals surface area contributed by atoms with E-state index in [9.17, 15) is 0 Å². The van der Waals surface area contributed by atoms with E-state index in [-0.39, 0.29) is 0 Å². The van der Waals surface area contributed by atoms with Crippen LogP contribution in [0.2, 0.25) is 0 Å². The van der Waals surface area contributed by atoms with Gasteiger partial charge in [0.1, 0.15) is 0 Å². The Labute approximate surface area is 146 Å². The fourth-order valence-electron chi connectivity index (χ4n) is 2.73. The lowest BCUT2D eigenvalue weighted by Gasteiger charge is -2.02. The molecule has 0 spiro atoms. The number of imidazole rings is 1. The largest absolute Gasteiger partial charge is 0.336 e. The van der Waals surface area contributed by atoms with Gasteiger partial charge in [-0.25, -0.2) is 15.0 Å². The summed E-state index contributed by atoms with van der Waals surface area (Å²) in [5.74, 6) is 0.730. The third-order valence-corrected chi connectivity index (χ3v) is 4.11. The topological polar surface area (TPSA) is 43.6 Å². The van der Waals surface area contributed by atoms with E-state index >= 15 is 0 Å². The maximum atomic E-state index is 4.48. The molecule has 0 fully saturated rings. The lowest BCUT2D eigenvalue weighted by Crippen LogP contribution is -1.98. The maximum Gasteiger partial charge on any atom is 0.159 e. The Morgan fingerprint density at radius 1 is 0.720 bits per heavy atom. The fraction of sp³-hybridized carbons (Fsp3) is 0.0952. The SMILES string of the molecule is c1ccc(CCn2cnc(-c3cnc(-c4ccccc4)nc3)c2)cc1. The molecule has 4 aromatic rings. The second kappa shape index (κ2) is 7.09. The first-order valence-electron chi connectivity index (χ1n) is 8.32. The van der Waals surface area contributed by atoms with E-state index < -0.39 is 0 Å². The van der Waals surface area contributed by atoms with Crippen molar-refractivity contribution >= 4 is 0 Å². The third kappa shape index (κ3) is 3.63. The summed E-state index contributed by atoms with van der Waals surface area (Å²) in [6.07, 6.45) is 8.56. The minimum atomic E-state index is 0.730. The van der Waals surface area contributed by atoms with Gasteiger partial charge in [-0.05, 0) is 12.0 Å². The van der Waals surface area contributed by atoms with Crippen LogP contribution in [0.1, 0.15) is 5.56 Å². The van der Waals surface area contributed by atoms with Crippen LogP contribution in [0.3, 0.4) is 0 Å². The predicted molar refractivity (Wildman–Crippen MR) is 98.8 cm³/mol. The summed E-state index contributed by atoms with van der Waals surface area (Å²) < 4.78 is 2.10. The highest BCUT2D eigenvalue weighted by Crippen LogP contribution is 2.19. The highest BCUT2D eigenvalue weighted by atomic mass is 15.0. The Morgan fingerprint density at radius 3 is 2.12 bits per heavy atom. The first-order valence-corrected chi connectivity index (χ1v) is 8.32. The van der Waals surface area contributed by atoms with Crippen LogP contribution in [0, 0.1) is 0 Å². The van der Waals surface area contributed by atoms with Crippen LogP contribution in [-0.2, 0) is 13.0 Å². The molecule has 0 aliphatic carbocycles. The van der Waals surface area contributed by atoms with Crippen LogP contribution in [0.5, 0.6) is 0 Å². The van der Waals surface area contributed by atoms with Crippen LogP contribution in [0.15, 0.2) is 85.6 Å². The number of hydrogen-bond donors (Lipinski definition) is 0. The predicted octanol–water partition coefficient (Wildman–Crippen LogP) is 4.25. The zero-order valence-electron chi connectivity index (χ0n) is 13.8. The molecular formula is C21H18N4. The molecule has 25 heavy (non-hydrogen) atoms. The Hall–Kier alpha value is -3.27. The molecule has 2 aromatic heterocycles. The number of aromatic nitrogens is 4. The van der Waals surface area contributed by atoms with Gasteiger partial charge in [-0.2, -0.15) is 0 Å². The summed E-state index contributed by atoms with van der Waals surface area (Å²) in [6, 6.07) is 20.4. The summed E-state index contributed by atoms with van der Waals surface area (Å²) in [5, 5.41) is 0. The zero-order valence-corrected chi connectivity index (χ0v) is 13.8. The van der Waals surface area contributed by atoms with Gasteiger partial charge >= 0.3 is 0 Å². The van der Waals surface area contributed by atoms with Crippen molar-refractivity contribution in [3.05, 3.63) is 91.1 Å². The van der Waals surface area contributed by atoms with E-state index in [1.807, 2.05) is 61.3 Å². The molecule has 0 aliphatic heterocycles. The van der Waals surface area contributed by atoms with Crippen molar-refractivity contribution in [2.24, 2.45) is 0 Å². The number of rotatable bonds is 5. The van der Waals surface area contributed by atoms with E-state index in [1.54, 1.807) is 0 Å². The molecule has 4 heteroatoms. The number of aryl methyl sites for hydroxylation is 2. The lowest BCUT2D eigenvalue weighted by molar-refractivity contribution is 0.696. The number of nitrogens with zero attached hydrogens (tertiary/aromatic N) is 4. The molecule has 4 nitrogen and oxygen atoms in total. The van der Waals surface area contributed by atoms with E-state index in [0.717, 1.165) is 35.6 Å². The fourth-order valence-corrected chi connectivity index (χ4v) is 2.73. The van der Waals surface area contributed by atoms with Gasteiger partial charge in [0.05, 0.1) is 12.0 Å². The zero-order chi connectivity index (χ0) is 16.9. The second-order valence-corrected chi connectivity index (χ2v) is 5.89. The molecule has 2 aromatic carbocycles. The van der Waals surface area contributed by atoms with Gasteiger partial charge in [0.15, 0.2) is 5.82 Å². The van der Waals surface area contributed by atoms with Crippen molar-refractivity contribution in [3.63, 3.8) is 0 Å². The minimum Gasteiger partial charge on any atom is -0.336 e. The summed E-state index contributed by atoms with van der Waals surface area (Å²) in [6.45, 7) is 0.903. The molecule has 0 saturated carbocycles. The molecule has 0 radical (unpaired) electrons. The highest BCUT2D eigenvalue weighted by molar-refractivity contribution is 5.60. The van der Waals surface area contributed by atoms with Crippen molar-refractivity contribution in [2.75, 3.05) is 0 Å². The quantitative estimate of drug-likeness (QED) is 0.551. The Kier molecular flexibility index (Phi) is 4.33. The Bertz CT molecular complexity index is 929. The Balaban J connectivity index is 1.46. The van der Waals surface area contributed by atoms with Gasteiger partial charge in [0.25, 0.3) is 0 Å². The normalized spacial score (nSPS) is 10.7. The van der Waals surface area contributed by atoms with Gasteiger partial charge in [0.2, 0.25) is 0 Å². The minimum absolute atomic E-state index is 0.730. The summed E-state index contributed by atoms with van der Waals surface area (Å²) in [4.78, 5) is 13.4. The summed E-state index contributed by atoms with van der Waals surface area (Å²) in [5.41, 5.74) is 4.17. The average molecular weight is 326 g/mol. The van der Waals surface area contributed by atoms with Gasteiger partial charge in [0, 0.05) is 36.3 Å². The molecule has 4 rings (SSSR count). The van der Waals surface area contributed by atoms with Crippen molar-refractivity contribution < 1.29 is 0 Å². The second-order valence-electron chi connectivity index (χ2n) is 5.89. The van der Waals surface area contributed by atoms with E-state index in [4.69, 9.17) is 0 Å². The molecule has 0 amide bonds. The van der Waals surface area contributed by atoms with Crippen molar-refractivity contribution in [1.29, 1.82) is 0 Å².